The molecule has 76 valence electrons. The van der Waals surface area contributed by atoms with Gasteiger partial charge in [-0.2, -0.15) is 0 Å². The van der Waals surface area contributed by atoms with Crippen LogP contribution in [0.2, 0.25) is 0 Å². The second-order valence-electron chi connectivity index (χ2n) is 3.38. The molecule has 1 aromatic rings. The average Bonchev–Trinajstić information content (AvgIpc) is 2.38. The highest BCUT2D eigenvalue weighted by Gasteiger charge is 2.10. The van der Waals surface area contributed by atoms with Crippen molar-refractivity contribution in [2.45, 2.75) is 26.2 Å². The van der Waals surface area contributed by atoms with E-state index in [0.29, 0.717) is 11.7 Å². The third-order valence-corrected chi connectivity index (χ3v) is 2.47. The van der Waals surface area contributed by atoms with Crippen LogP contribution >= 0.6 is 0 Å². The van der Waals surface area contributed by atoms with Crippen molar-refractivity contribution in [3.8, 4) is 5.75 Å². The van der Waals surface area contributed by atoms with E-state index >= 15 is 0 Å². The molecular weight excluding hydrogens is 176 g/mol. The van der Waals surface area contributed by atoms with E-state index in [9.17, 15) is 4.79 Å². The van der Waals surface area contributed by atoms with E-state index in [2.05, 4.69) is 13.8 Å². The molecule has 1 aromatic carbocycles. The Hall–Kier alpha value is -1.31. The van der Waals surface area contributed by atoms with Gasteiger partial charge < -0.3 is 4.74 Å². The minimum Gasteiger partial charge on any atom is -0.492 e. The molecule has 14 heavy (non-hydrogen) atoms. The van der Waals surface area contributed by atoms with Gasteiger partial charge in [0.1, 0.15) is 0 Å². The molecule has 0 radical (unpaired) electrons. The topological polar surface area (TPSA) is 26.3 Å². The number of ether oxygens (including phenoxy) is 1. The summed E-state index contributed by atoms with van der Waals surface area (Å²) in [4.78, 5) is 11.6. The van der Waals surface area contributed by atoms with Crippen LogP contribution in [0.1, 0.15) is 31.7 Å². The Kier molecular flexibility index (Phi) is 3.69. The molecule has 0 saturated heterocycles. The van der Waals surface area contributed by atoms with Gasteiger partial charge in [0.05, 0.1) is 7.11 Å². The van der Waals surface area contributed by atoms with Gasteiger partial charge in [-0.1, -0.05) is 32.0 Å². The van der Waals surface area contributed by atoms with Crippen LogP contribution in [0.4, 0.5) is 0 Å². The van der Waals surface area contributed by atoms with Gasteiger partial charge in [-0.05, 0) is 18.4 Å². The first-order valence-corrected chi connectivity index (χ1v) is 4.88. The van der Waals surface area contributed by atoms with E-state index in [-0.39, 0.29) is 5.43 Å². The van der Waals surface area contributed by atoms with Crippen LogP contribution in [-0.2, 0) is 0 Å². The van der Waals surface area contributed by atoms with Crippen molar-refractivity contribution in [2.75, 3.05) is 7.11 Å². The Morgan fingerprint density at radius 1 is 1.36 bits per heavy atom. The van der Waals surface area contributed by atoms with Gasteiger partial charge in [-0.3, -0.25) is 4.79 Å². The number of rotatable bonds is 3. The fourth-order valence-corrected chi connectivity index (χ4v) is 1.42. The lowest BCUT2D eigenvalue weighted by Gasteiger charge is -2.10. The molecule has 0 bridgehead atoms. The number of hydrogen-bond acceptors (Lipinski definition) is 2. The molecule has 1 unspecified atom stereocenters. The molecule has 0 spiro atoms. The van der Waals surface area contributed by atoms with E-state index in [1.165, 1.54) is 6.07 Å². The summed E-state index contributed by atoms with van der Waals surface area (Å²) in [6.07, 6.45) is 1.000. The van der Waals surface area contributed by atoms with E-state index in [1.54, 1.807) is 13.2 Å². The summed E-state index contributed by atoms with van der Waals surface area (Å²) < 4.78 is 5.15. The highest BCUT2D eigenvalue weighted by Crippen LogP contribution is 2.24. The van der Waals surface area contributed by atoms with Crippen molar-refractivity contribution in [2.24, 2.45) is 0 Å². The van der Waals surface area contributed by atoms with Crippen molar-refractivity contribution in [1.29, 1.82) is 0 Å². The van der Waals surface area contributed by atoms with Gasteiger partial charge in [0.2, 0.25) is 5.43 Å². The van der Waals surface area contributed by atoms with Crippen LogP contribution < -0.4 is 10.2 Å². The van der Waals surface area contributed by atoms with Crippen molar-refractivity contribution < 1.29 is 4.74 Å². The van der Waals surface area contributed by atoms with E-state index < -0.39 is 0 Å². The fourth-order valence-electron chi connectivity index (χ4n) is 1.42. The van der Waals surface area contributed by atoms with Gasteiger partial charge in [0.15, 0.2) is 5.75 Å². The second-order valence-corrected chi connectivity index (χ2v) is 3.38. The van der Waals surface area contributed by atoms with Crippen molar-refractivity contribution in [1.82, 2.24) is 0 Å². The lowest BCUT2D eigenvalue weighted by molar-refractivity contribution is 0.402. The van der Waals surface area contributed by atoms with Gasteiger partial charge in [0, 0.05) is 5.56 Å². The van der Waals surface area contributed by atoms with E-state index in [4.69, 9.17) is 4.74 Å². The van der Waals surface area contributed by atoms with E-state index in [0.717, 1.165) is 12.0 Å². The molecule has 0 aliphatic heterocycles. The highest BCUT2D eigenvalue weighted by atomic mass is 16.5. The molecule has 0 amide bonds. The number of hydrogen-bond donors (Lipinski definition) is 0. The molecule has 2 heteroatoms. The van der Waals surface area contributed by atoms with E-state index in [1.807, 2.05) is 12.1 Å². The van der Waals surface area contributed by atoms with Crippen LogP contribution in [-0.4, -0.2) is 7.11 Å². The lowest BCUT2D eigenvalue weighted by Crippen LogP contribution is -2.05. The average molecular weight is 192 g/mol. The summed E-state index contributed by atoms with van der Waals surface area (Å²) in [7, 11) is 1.54. The van der Waals surface area contributed by atoms with Gasteiger partial charge in [-0.25, -0.2) is 0 Å². The van der Waals surface area contributed by atoms with Crippen LogP contribution in [0.3, 0.4) is 0 Å². The minimum atomic E-state index is -0.0483. The van der Waals surface area contributed by atoms with Gasteiger partial charge in [0.25, 0.3) is 0 Å². The molecule has 2 nitrogen and oxygen atoms in total. The third kappa shape index (κ3) is 2.13. The quantitative estimate of drug-likeness (QED) is 0.735. The van der Waals surface area contributed by atoms with Crippen LogP contribution in [0.15, 0.2) is 29.1 Å². The maximum Gasteiger partial charge on any atom is 0.220 e. The van der Waals surface area contributed by atoms with Crippen LogP contribution in [0.5, 0.6) is 5.75 Å². The Morgan fingerprint density at radius 2 is 2.00 bits per heavy atom. The molecule has 0 aromatic heterocycles. The molecule has 0 aliphatic rings. The smallest absolute Gasteiger partial charge is 0.220 e. The summed E-state index contributed by atoms with van der Waals surface area (Å²) in [5.41, 5.74) is 0.942. The SMILES string of the molecule is CCC(C)c1ccccc(=O)c1OC. The van der Waals surface area contributed by atoms with Crippen molar-refractivity contribution >= 4 is 0 Å². The Bertz CT molecular complexity index is 358. The van der Waals surface area contributed by atoms with Gasteiger partial charge in [-0.15, -0.1) is 0 Å². The van der Waals surface area contributed by atoms with Crippen LogP contribution in [0.25, 0.3) is 0 Å². The second kappa shape index (κ2) is 4.80. The molecular formula is C12H16O2. The first-order valence-electron chi connectivity index (χ1n) is 4.88. The Labute approximate surface area is 84.5 Å². The molecule has 0 saturated carbocycles. The summed E-state index contributed by atoms with van der Waals surface area (Å²) >= 11 is 0. The molecule has 0 heterocycles. The summed E-state index contributed by atoms with van der Waals surface area (Å²) in [5.74, 6) is 0.828. The van der Waals surface area contributed by atoms with Crippen molar-refractivity contribution in [3.05, 3.63) is 40.1 Å². The number of methoxy groups -OCH3 is 1. The lowest BCUT2D eigenvalue weighted by atomic mass is 9.99. The predicted molar refractivity (Wildman–Crippen MR) is 58.0 cm³/mol. The zero-order valence-electron chi connectivity index (χ0n) is 8.91. The van der Waals surface area contributed by atoms with Gasteiger partial charge >= 0.3 is 0 Å². The third-order valence-electron chi connectivity index (χ3n) is 2.47. The largest absolute Gasteiger partial charge is 0.492 e. The maximum atomic E-state index is 11.6. The fraction of sp³-hybridized carbons (Fsp3) is 0.417. The van der Waals surface area contributed by atoms with Crippen LogP contribution in [0, 0.1) is 0 Å². The maximum absolute atomic E-state index is 11.6. The monoisotopic (exact) mass is 192 g/mol. The zero-order chi connectivity index (χ0) is 10.6. The first kappa shape index (κ1) is 10.8. The Balaban J connectivity index is 3.36. The standard InChI is InChI=1S/C12H16O2/c1-4-9(2)10-7-5-6-8-11(13)12(10)14-3/h5-9H,4H2,1-3H3. The highest BCUT2D eigenvalue weighted by molar-refractivity contribution is 5.34. The molecule has 1 rings (SSSR count). The molecule has 0 fully saturated rings. The zero-order valence-corrected chi connectivity index (χ0v) is 8.91. The van der Waals surface area contributed by atoms with Crippen molar-refractivity contribution in [3.63, 3.8) is 0 Å². The Morgan fingerprint density at radius 3 is 2.57 bits per heavy atom. The summed E-state index contributed by atoms with van der Waals surface area (Å²) in [5, 5.41) is 0. The summed E-state index contributed by atoms with van der Waals surface area (Å²) in [6.45, 7) is 4.19. The minimum absolute atomic E-state index is 0.0483. The first-order chi connectivity index (χ1) is 6.70. The molecule has 0 aliphatic carbocycles. The predicted octanol–water partition coefficient (Wildman–Crippen LogP) is 2.57. The molecule has 0 N–H and O–H groups in total. The normalized spacial score (nSPS) is 12.2. The summed E-state index contributed by atoms with van der Waals surface area (Å²) in [6, 6.07) is 7.11. The molecule has 1 atom stereocenters.